The molecule has 1 aliphatic rings. The Morgan fingerprint density at radius 3 is 3.36 bits per heavy atom. The molecule has 1 nitrogen and oxygen atoms in total. The van der Waals surface area contributed by atoms with Crippen LogP contribution in [-0.2, 0) is 0 Å². The minimum atomic E-state index is 1.03. The zero-order valence-corrected chi connectivity index (χ0v) is 7.19. The van der Waals surface area contributed by atoms with Gasteiger partial charge in [-0.05, 0) is 24.9 Å². The highest BCUT2D eigenvalue weighted by molar-refractivity contribution is 7.03. The molecule has 56 valence electrons. The highest BCUT2D eigenvalue weighted by Crippen LogP contribution is 1.92. The number of nitrogens with zero attached hydrogens (tertiary/aromatic N) is 1. The van der Waals surface area contributed by atoms with Crippen molar-refractivity contribution in [1.29, 1.82) is 0 Å². The number of rotatable bonds is 0. The van der Waals surface area contributed by atoms with Crippen LogP contribution in [0.2, 0.25) is 0 Å². The molecule has 0 saturated heterocycles. The standard InChI is InChI=1S/C9H9NS/c1-7-8-5-3-2-4-6-9(8)11-10-7/h2-3,5-6H,4H2,1H3. The van der Waals surface area contributed by atoms with Gasteiger partial charge in [0, 0.05) is 5.22 Å². The van der Waals surface area contributed by atoms with Crippen molar-refractivity contribution in [2.45, 2.75) is 13.3 Å². The minimum Gasteiger partial charge on any atom is -0.197 e. The third kappa shape index (κ3) is 1.14. The van der Waals surface area contributed by atoms with E-state index in [1.54, 1.807) is 11.5 Å². The van der Waals surface area contributed by atoms with E-state index >= 15 is 0 Å². The number of hydrogen-bond acceptors (Lipinski definition) is 2. The van der Waals surface area contributed by atoms with E-state index in [0.717, 1.165) is 12.1 Å². The second-order valence-corrected chi connectivity index (χ2v) is 3.39. The molecule has 2 heteroatoms. The van der Waals surface area contributed by atoms with Crippen LogP contribution in [0.1, 0.15) is 12.1 Å². The first-order chi connectivity index (χ1) is 5.38. The fourth-order valence-corrected chi connectivity index (χ4v) is 1.98. The Morgan fingerprint density at radius 1 is 1.55 bits per heavy atom. The Hall–Kier alpha value is -0.890. The summed E-state index contributed by atoms with van der Waals surface area (Å²) in [5.74, 6) is 0. The molecule has 1 aromatic rings. The summed E-state index contributed by atoms with van der Waals surface area (Å²) in [5.41, 5.74) is 1.15. The minimum absolute atomic E-state index is 1.03. The van der Waals surface area contributed by atoms with E-state index in [1.807, 2.05) is 0 Å². The zero-order chi connectivity index (χ0) is 7.68. The monoisotopic (exact) mass is 163 g/mol. The molecule has 2 rings (SSSR count). The van der Waals surface area contributed by atoms with Gasteiger partial charge in [-0.1, -0.05) is 24.3 Å². The lowest BCUT2D eigenvalue weighted by atomic mass is 10.3. The summed E-state index contributed by atoms with van der Waals surface area (Å²) < 4.78 is 5.60. The molecule has 1 heterocycles. The topological polar surface area (TPSA) is 12.9 Å². The van der Waals surface area contributed by atoms with Crippen LogP contribution in [-0.4, -0.2) is 4.37 Å². The summed E-state index contributed by atoms with van der Waals surface area (Å²) in [6.07, 6.45) is 9.65. The van der Waals surface area contributed by atoms with Gasteiger partial charge in [0.1, 0.15) is 0 Å². The molecule has 11 heavy (non-hydrogen) atoms. The van der Waals surface area contributed by atoms with Crippen molar-refractivity contribution in [2.24, 2.45) is 0 Å². The molecule has 0 saturated carbocycles. The molecule has 0 unspecified atom stereocenters. The average Bonchev–Trinajstić information content (AvgIpc) is 2.25. The second-order valence-electron chi connectivity index (χ2n) is 2.58. The van der Waals surface area contributed by atoms with Crippen LogP contribution in [0.5, 0.6) is 0 Å². The Labute approximate surface area is 69.5 Å². The van der Waals surface area contributed by atoms with E-state index in [4.69, 9.17) is 0 Å². The maximum absolute atomic E-state index is 4.29. The molecule has 1 aromatic heterocycles. The largest absolute Gasteiger partial charge is 0.197 e. The highest BCUT2D eigenvalue weighted by Gasteiger charge is 1.95. The highest BCUT2D eigenvalue weighted by atomic mass is 32.1. The SMILES string of the molecule is Cc1nsc2c1=CC=CCC=2. The Kier molecular flexibility index (Phi) is 1.62. The maximum atomic E-state index is 4.29. The van der Waals surface area contributed by atoms with Gasteiger partial charge >= 0.3 is 0 Å². The predicted molar refractivity (Wildman–Crippen MR) is 48.8 cm³/mol. The van der Waals surface area contributed by atoms with Gasteiger partial charge in [-0.3, -0.25) is 0 Å². The maximum Gasteiger partial charge on any atom is 0.0589 e. The van der Waals surface area contributed by atoms with Gasteiger partial charge < -0.3 is 0 Å². The van der Waals surface area contributed by atoms with Gasteiger partial charge in [-0.2, -0.15) is 4.37 Å². The lowest BCUT2D eigenvalue weighted by Crippen LogP contribution is -2.19. The molecule has 0 radical (unpaired) electrons. The van der Waals surface area contributed by atoms with Crippen molar-refractivity contribution < 1.29 is 0 Å². The van der Waals surface area contributed by atoms with Crippen LogP contribution < -0.4 is 9.75 Å². The first kappa shape index (κ1) is 6.80. The molecule has 0 N–H and O–H groups in total. The third-order valence-corrected chi connectivity index (χ3v) is 2.72. The summed E-state index contributed by atoms with van der Waals surface area (Å²) in [7, 11) is 0. The lowest BCUT2D eigenvalue weighted by Gasteiger charge is -1.75. The lowest BCUT2D eigenvalue weighted by molar-refractivity contribution is 1.31. The molecule has 0 spiro atoms. The van der Waals surface area contributed by atoms with Crippen LogP contribution in [0.15, 0.2) is 12.2 Å². The Balaban J connectivity index is 2.85. The normalized spacial score (nSPS) is 14.6. The third-order valence-electron chi connectivity index (χ3n) is 1.77. The summed E-state index contributed by atoms with van der Waals surface area (Å²) in [6.45, 7) is 2.05. The smallest absolute Gasteiger partial charge is 0.0589 e. The average molecular weight is 163 g/mol. The fourth-order valence-electron chi connectivity index (χ4n) is 1.16. The summed E-state index contributed by atoms with van der Waals surface area (Å²) in [6, 6.07) is 0. The second kappa shape index (κ2) is 2.62. The van der Waals surface area contributed by atoms with Crippen LogP contribution in [0.3, 0.4) is 0 Å². The predicted octanol–water partition coefficient (Wildman–Crippen LogP) is 0.972. The molecule has 0 fully saturated rings. The van der Waals surface area contributed by atoms with E-state index in [1.165, 1.54) is 9.75 Å². The van der Waals surface area contributed by atoms with E-state index in [0.29, 0.717) is 0 Å². The first-order valence-electron chi connectivity index (χ1n) is 3.67. The molecule has 0 amide bonds. The number of hydrogen-bond donors (Lipinski definition) is 0. The van der Waals surface area contributed by atoms with Crippen LogP contribution >= 0.6 is 11.5 Å². The molecular formula is C9H9NS. The molecular weight excluding hydrogens is 154 g/mol. The van der Waals surface area contributed by atoms with Crippen molar-refractivity contribution in [2.75, 3.05) is 0 Å². The molecule has 0 aliphatic heterocycles. The van der Waals surface area contributed by atoms with E-state index in [-0.39, 0.29) is 0 Å². The number of fused-ring (bicyclic) bond motifs is 1. The number of allylic oxidation sites excluding steroid dienone is 2. The van der Waals surface area contributed by atoms with Crippen molar-refractivity contribution >= 4 is 23.7 Å². The van der Waals surface area contributed by atoms with Crippen molar-refractivity contribution in [3.05, 3.63) is 27.6 Å². The van der Waals surface area contributed by atoms with Gasteiger partial charge in [-0.15, -0.1) is 0 Å². The molecule has 0 aromatic carbocycles. The Bertz CT molecular complexity index is 398. The number of aromatic nitrogens is 1. The summed E-state index contributed by atoms with van der Waals surface area (Å²) >= 11 is 1.59. The summed E-state index contributed by atoms with van der Waals surface area (Å²) in [4.78, 5) is 0. The quantitative estimate of drug-likeness (QED) is 0.555. The molecule has 0 bridgehead atoms. The van der Waals surface area contributed by atoms with Crippen molar-refractivity contribution in [3.63, 3.8) is 0 Å². The van der Waals surface area contributed by atoms with E-state index in [9.17, 15) is 0 Å². The van der Waals surface area contributed by atoms with Crippen LogP contribution in [0.25, 0.3) is 12.2 Å². The van der Waals surface area contributed by atoms with Crippen molar-refractivity contribution in [1.82, 2.24) is 4.37 Å². The van der Waals surface area contributed by atoms with Crippen molar-refractivity contribution in [3.8, 4) is 0 Å². The molecule has 0 atom stereocenters. The van der Waals surface area contributed by atoms with Gasteiger partial charge in [0.05, 0.1) is 10.2 Å². The first-order valence-corrected chi connectivity index (χ1v) is 4.44. The van der Waals surface area contributed by atoms with Gasteiger partial charge in [0.2, 0.25) is 0 Å². The van der Waals surface area contributed by atoms with E-state index < -0.39 is 0 Å². The zero-order valence-electron chi connectivity index (χ0n) is 6.37. The van der Waals surface area contributed by atoms with E-state index in [2.05, 4.69) is 35.6 Å². The number of aryl methyl sites for hydroxylation is 1. The van der Waals surface area contributed by atoms with Gasteiger partial charge in [0.25, 0.3) is 0 Å². The van der Waals surface area contributed by atoms with Gasteiger partial charge in [-0.25, -0.2) is 0 Å². The summed E-state index contributed by atoms with van der Waals surface area (Å²) in [5, 5.41) is 1.30. The molecule has 1 aliphatic carbocycles. The van der Waals surface area contributed by atoms with Crippen LogP contribution in [0.4, 0.5) is 0 Å². The van der Waals surface area contributed by atoms with Gasteiger partial charge in [0.15, 0.2) is 0 Å². The fraction of sp³-hybridized carbons (Fsp3) is 0.222. The van der Waals surface area contributed by atoms with Crippen LogP contribution in [0, 0.1) is 6.92 Å². The Morgan fingerprint density at radius 2 is 2.45 bits per heavy atom.